The quantitative estimate of drug-likeness (QED) is 0.413. The van der Waals surface area contributed by atoms with Crippen LogP contribution >= 0.6 is 0 Å². The van der Waals surface area contributed by atoms with E-state index in [-0.39, 0.29) is 5.54 Å². The van der Waals surface area contributed by atoms with E-state index in [2.05, 4.69) is 46.9 Å². The van der Waals surface area contributed by atoms with E-state index in [1.165, 1.54) is 70.8 Å². The summed E-state index contributed by atoms with van der Waals surface area (Å²) in [6, 6.07) is 0. The zero-order valence-corrected chi connectivity index (χ0v) is 15.3. The lowest BCUT2D eigenvalue weighted by Gasteiger charge is -2.40. The van der Waals surface area contributed by atoms with Gasteiger partial charge >= 0.3 is 0 Å². The van der Waals surface area contributed by atoms with Gasteiger partial charge in [0.1, 0.15) is 0 Å². The van der Waals surface area contributed by atoms with Crippen molar-refractivity contribution < 1.29 is 0 Å². The summed E-state index contributed by atoms with van der Waals surface area (Å²) in [4.78, 5) is 0. The summed E-state index contributed by atoms with van der Waals surface area (Å²) < 4.78 is 0. The molecule has 122 valence electrons. The Kier molecular flexibility index (Phi) is 10.6. The molecule has 0 aliphatic heterocycles. The monoisotopic (exact) mass is 283 g/mol. The molecule has 0 bridgehead atoms. The molecule has 0 saturated carbocycles. The maximum absolute atomic E-state index is 3.72. The van der Waals surface area contributed by atoms with Crippen LogP contribution in [0.5, 0.6) is 0 Å². The lowest BCUT2D eigenvalue weighted by atomic mass is 9.76. The van der Waals surface area contributed by atoms with Gasteiger partial charge in [0.05, 0.1) is 0 Å². The minimum atomic E-state index is 0.228. The van der Waals surface area contributed by atoms with Crippen molar-refractivity contribution in [3.63, 3.8) is 0 Å². The molecule has 1 N–H and O–H groups in total. The Hall–Kier alpha value is -0.0400. The molecule has 0 aliphatic rings. The molecular weight excluding hydrogens is 242 g/mol. The highest BCUT2D eigenvalue weighted by Crippen LogP contribution is 2.29. The molecule has 0 aromatic rings. The van der Waals surface area contributed by atoms with Crippen molar-refractivity contribution in [1.29, 1.82) is 0 Å². The van der Waals surface area contributed by atoms with Crippen LogP contribution in [-0.2, 0) is 0 Å². The molecule has 0 fully saturated rings. The van der Waals surface area contributed by atoms with Gasteiger partial charge in [-0.3, -0.25) is 0 Å². The van der Waals surface area contributed by atoms with Crippen LogP contribution in [0.15, 0.2) is 0 Å². The molecule has 0 saturated heterocycles. The summed E-state index contributed by atoms with van der Waals surface area (Å²) in [5.41, 5.74) is 0.553. The van der Waals surface area contributed by atoms with Gasteiger partial charge in [-0.15, -0.1) is 0 Å². The van der Waals surface area contributed by atoms with Crippen LogP contribution in [0.2, 0.25) is 0 Å². The smallest absolute Gasteiger partial charge is 0.0173 e. The predicted molar refractivity (Wildman–Crippen MR) is 93.4 cm³/mol. The van der Waals surface area contributed by atoms with Crippen molar-refractivity contribution in [1.82, 2.24) is 5.32 Å². The fourth-order valence-corrected chi connectivity index (χ4v) is 2.28. The Balaban J connectivity index is 3.33. The van der Waals surface area contributed by atoms with Gasteiger partial charge in [0, 0.05) is 5.54 Å². The minimum Gasteiger partial charge on any atom is -0.311 e. The summed E-state index contributed by atoms with van der Waals surface area (Å²) in [5.74, 6) is 0. The van der Waals surface area contributed by atoms with E-state index in [1.807, 2.05) is 0 Å². The summed E-state index contributed by atoms with van der Waals surface area (Å²) in [5, 5.41) is 3.72. The zero-order valence-electron chi connectivity index (χ0n) is 15.3. The summed E-state index contributed by atoms with van der Waals surface area (Å²) in [6.45, 7) is 15.1. The standard InChI is InChI=1S/C19H41N/c1-7-8-9-10-11-12-13-14-15-16-17-20-19(5,6)18(2,3)4/h20H,7-17H2,1-6H3. The Morgan fingerprint density at radius 3 is 1.40 bits per heavy atom. The highest BCUT2D eigenvalue weighted by atomic mass is 15.0. The molecule has 0 aliphatic carbocycles. The molecule has 0 radical (unpaired) electrons. The average molecular weight is 284 g/mol. The molecule has 0 unspecified atom stereocenters. The third kappa shape index (κ3) is 9.80. The van der Waals surface area contributed by atoms with E-state index in [9.17, 15) is 0 Å². The first kappa shape index (κ1) is 20.0. The van der Waals surface area contributed by atoms with Gasteiger partial charge in [-0.2, -0.15) is 0 Å². The SMILES string of the molecule is CCCCCCCCCCCCNC(C)(C)C(C)(C)C. The lowest BCUT2D eigenvalue weighted by Crippen LogP contribution is -2.50. The maximum atomic E-state index is 3.72. The molecule has 1 heteroatoms. The highest BCUT2D eigenvalue weighted by Gasteiger charge is 2.31. The molecular formula is C19H41N. The topological polar surface area (TPSA) is 12.0 Å². The molecule has 0 rings (SSSR count). The Labute approximate surface area is 129 Å². The summed E-state index contributed by atoms with van der Waals surface area (Å²) >= 11 is 0. The van der Waals surface area contributed by atoms with Crippen LogP contribution in [0, 0.1) is 5.41 Å². The van der Waals surface area contributed by atoms with Crippen LogP contribution in [0.25, 0.3) is 0 Å². The van der Waals surface area contributed by atoms with Gasteiger partial charge in [-0.25, -0.2) is 0 Å². The first-order valence-corrected chi connectivity index (χ1v) is 9.06. The van der Waals surface area contributed by atoms with Crippen LogP contribution in [0.1, 0.15) is 106 Å². The Morgan fingerprint density at radius 1 is 0.600 bits per heavy atom. The predicted octanol–water partition coefficient (Wildman–Crippen LogP) is 6.32. The van der Waals surface area contributed by atoms with Crippen LogP contribution in [0.4, 0.5) is 0 Å². The van der Waals surface area contributed by atoms with E-state index < -0.39 is 0 Å². The van der Waals surface area contributed by atoms with Gasteiger partial charge in [-0.05, 0) is 32.2 Å². The largest absolute Gasteiger partial charge is 0.311 e. The first-order chi connectivity index (χ1) is 9.31. The Bertz CT molecular complexity index is 212. The van der Waals surface area contributed by atoms with Crippen molar-refractivity contribution in [3.8, 4) is 0 Å². The van der Waals surface area contributed by atoms with Gasteiger partial charge in [0.25, 0.3) is 0 Å². The Morgan fingerprint density at radius 2 is 1.00 bits per heavy atom. The van der Waals surface area contributed by atoms with E-state index in [0.29, 0.717) is 5.41 Å². The fourth-order valence-electron chi connectivity index (χ4n) is 2.28. The lowest BCUT2D eigenvalue weighted by molar-refractivity contribution is 0.176. The number of hydrogen-bond donors (Lipinski definition) is 1. The van der Waals surface area contributed by atoms with E-state index >= 15 is 0 Å². The number of unbranched alkanes of at least 4 members (excludes halogenated alkanes) is 9. The fraction of sp³-hybridized carbons (Fsp3) is 1.00. The molecule has 1 nitrogen and oxygen atoms in total. The van der Waals surface area contributed by atoms with Crippen molar-refractivity contribution in [2.75, 3.05) is 6.54 Å². The second-order valence-corrected chi connectivity index (χ2v) is 7.98. The van der Waals surface area contributed by atoms with Crippen molar-refractivity contribution >= 4 is 0 Å². The van der Waals surface area contributed by atoms with Crippen LogP contribution < -0.4 is 5.32 Å². The third-order valence-corrected chi connectivity index (χ3v) is 4.97. The zero-order chi connectivity index (χ0) is 15.5. The van der Waals surface area contributed by atoms with Crippen LogP contribution in [-0.4, -0.2) is 12.1 Å². The second-order valence-electron chi connectivity index (χ2n) is 7.98. The van der Waals surface area contributed by atoms with Gasteiger partial charge in [-0.1, -0.05) is 85.5 Å². The van der Waals surface area contributed by atoms with Crippen molar-refractivity contribution in [2.45, 2.75) is 111 Å². The van der Waals surface area contributed by atoms with Gasteiger partial charge in [0.15, 0.2) is 0 Å². The highest BCUT2D eigenvalue weighted by molar-refractivity contribution is 4.89. The normalized spacial score (nSPS) is 12.9. The van der Waals surface area contributed by atoms with Gasteiger partial charge in [0.2, 0.25) is 0 Å². The number of hydrogen-bond acceptors (Lipinski definition) is 1. The maximum Gasteiger partial charge on any atom is 0.0173 e. The summed E-state index contributed by atoms with van der Waals surface area (Å²) in [6.07, 6.45) is 14.2. The molecule has 0 aromatic carbocycles. The third-order valence-electron chi connectivity index (χ3n) is 4.97. The van der Waals surface area contributed by atoms with Gasteiger partial charge < -0.3 is 5.32 Å². The molecule has 0 heterocycles. The van der Waals surface area contributed by atoms with E-state index in [0.717, 1.165) is 0 Å². The molecule has 0 spiro atoms. The first-order valence-electron chi connectivity index (χ1n) is 9.06. The number of nitrogens with one attached hydrogen (secondary N) is 1. The summed E-state index contributed by atoms with van der Waals surface area (Å²) in [7, 11) is 0. The molecule has 0 amide bonds. The molecule has 20 heavy (non-hydrogen) atoms. The molecule has 0 aromatic heterocycles. The van der Waals surface area contributed by atoms with Crippen molar-refractivity contribution in [3.05, 3.63) is 0 Å². The average Bonchev–Trinajstić information content (AvgIpc) is 2.34. The number of rotatable bonds is 12. The van der Waals surface area contributed by atoms with Crippen LogP contribution in [0.3, 0.4) is 0 Å². The molecule has 0 atom stereocenters. The van der Waals surface area contributed by atoms with Crippen molar-refractivity contribution in [2.24, 2.45) is 5.41 Å². The minimum absolute atomic E-state index is 0.228. The van der Waals surface area contributed by atoms with E-state index in [1.54, 1.807) is 0 Å². The van der Waals surface area contributed by atoms with E-state index in [4.69, 9.17) is 0 Å². The second kappa shape index (κ2) is 10.7.